The van der Waals surface area contributed by atoms with Crippen LogP contribution >= 0.6 is 11.6 Å². The maximum Gasteiger partial charge on any atom is 0.328 e. The molecule has 0 spiro atoms. The van der Waals surface area contributed by atoms with Gasteiger partial charge in [-0.1, -0.05) is 48.0 Å². The third-order valence-electron chi connectivity index (χ3n) is 4.05. The highest BCUT2D eigenvalue weighted by Crippen LogP contribution is 2.20. The van der Waals surface area contributed by atoms with Crippen molar-refractivity contribution in [2.45, 2.75) is 18.6 Å². The molecule has 0 fully saturated rings. The maximum atomic E-state index is 12.4. The molecule has 7 heteroatoms. The third-order valence-corrected chi connectivity index (χ3v) is 4.29. The first-order chi connectivity index (χ1) is 12.4. The molecule has 1 amide bonds. The average Bonchev–Trinajstić information content (AvgIpc) is 3.03. The summed E-state index contributed by atoms with van der Waals surface area (Å²) >= 11 is 5.92. The first kappa shape index (κ1) is 18.0. The second-order valence-corrected chi connectivity index (χ2v) is 6.40. The Labute approximate surface area is 154 Å². The number of carboxylic acid groups (broad SMARTS) is 1. The highest BCUT2D eigenvalue weighted by atomic mass is 35.5. The molecular formula is C19H17ClN2O4. The molecule has 0 radical (unpaired) electrons. The van der Waals surface area contributed by atoms with Gasteiger partial charge in [0.1, 0.15) is 5.69 Å². The summed E-state index contributed by atoms with van der Waals surface area (Å²) in [7, 11) is 0. The lowest BCUT2D eigenvalue weighted by molar-refractivity contribution is -0.142. The van der Waals surface area contributed by atoms with Crippen molar-refractivity contribution < 1.29 is 19.8 Å². The molecule has 6 nitrogen and oxygen atoms in total. The Kier molecular flexibility index (Phi) is 5.25. The molecular weight excluding hydrogens is 356 g/mol. The van der Waals surface area contributed by atoms with Crippen LogP contribution in [0.5, 0.6) is 0 Å². The molecule has 1 aromatic heterocycles. The van der Waals surface area contributed by atoms with E-state index in [1.165, 1.54) is 0 Å². The van der Waals surface area contributed by atoms with E-state index in [9.17, 15) is 19.8 Å². The molecule has 0 unspecified atom stereocenters. The normalized spacial score (nSPS) is 13.3. The Hall–Kier alpha value is -2.83. The Morgan fingerprint density at radius 2 is 1.85 bits per heavy atom. The summed E-state index contributed by atoms with van der Waals surface area (Å²) in [6.45, 7) is 0. The lowest BCUT2D eigenvalue weighted by Crippen LogP contribution is -2.49. The van der Waals surface area contributed by atoms with Crippen LogP contribution < -0.4 is 5.32 Å². The van der Waals surface area contributed by atoms with E-state index in [1.54, 1.807) is 48.5 Å². The van der Waals surface area contributed by atoms with Gasteiger partial charge in [-0.25, -0.2) is 4.79 Å². The van der Waals surface area contributed by atoms with Gasteiger partial charge in [0.25, 0.3) is 5.91 Å². The summed E-state index contributed by atoms with van der Waals surface area (Å²) < 4.78 is 0. The molecule has 3 aromatic rings. The minimum atomic E-state index is -1.43. The predicted molar refractivity (Wildman–Crippen MR) is 98.4 cm³/mol. The number of aliphatic carboxylic acids is 1. The minimum Gasteiger partial charge on any atom is -0.480 e. The second kappa shape index (κ2) is 7.59. The second-order valence-electron chi connectivity index (χ2n) is 5.96. The number of aliphatic hydroxyl groups is 1. The standard InChI is InChI=1S/C19H17ClN2O4/c20-13-7-6-12-9-15(21-14(12)10-13)18(24)22-17(19(25)26)16(23)8-11-4-2-1-3-5-11/h1-7,9-10,16-17,21,23H,8H2,(H,22,24)(H,25,26)/t16-,17+/m0/s1. The van der Waals surface area contributed by atoms with Crippen LogP contribution in [-0.2, 0) is 11.2 Å². The fourth-order valence-corrected chi connectivity index (χ4v) is 2.91. The van der Waals surface area contributed by atoms with Gasteiger partial charge in [0.2, 0.25) is 0 Å². The molecule has 0 aliphatic rings. The number of hydrogen-bond acceptors (Lipinski definition) is 3. The molecule has 134 valence electrons. The maximum absolute atomic E-state index is 12.4. The Morgan fingerprint density at radius 3 is 2.54 bits per heavy atom. The van der Waals surface area contributed by atoms with Crippen molar-refractivity contribution in [3.63, 3.8) is 0 Å². The van der Waals surface area contributed by atoms with Crippen LogP contribution in [0.1, 0.15) is 16.1 Å². The minimum absolute atomic E-state index is 0.112. The van der Waals surface area contributed by atoms with E-state index in [4.69, 9.17) is 11.6 Å². The zero-order valence-corrected chi connectivity index (χ0v) is 14.4. The van der Waals surface area contributed by atoms with Gasteiger partial charge in [0.05, 0.1) is 6.10 Å². The van der Waals surface area contributed by atoms with Crippen molar-refractivity contribution in [1.29, 1.82) is 0 Å². The largest absolute Gasteiger partial charge is 0.480 e. The monoisotopic (exact) mass is 372 g/mol. The van der Waals surface area contributed by atoms with E-state index < -0.39 is 24.0 Å². The van der Waals surface area contributed by atoms with Crippen LogP contribution in [-0.4, -0.2) is 39.2 Å². The number of carbonyl (C=O) groups excluding carboxylic acids is 1. The van der Waals surface area contributed by atoms with Gasteiger partial charge >= 0.3 is 5.97 Å². The molecule has 0 saturated heterocycles. The summed E-state index contributed by atoms with van der Waals surface area (Å²) in [4.78, 5) is 26.8. The molecule has 1 heterocycles. The first-order valence-corrected chi connectivity index (χ1v) is 8.36. The summed E-state index contributed by atoms with van der Waals surface area (Å²) in [5.41, 5.74) is 1.64. The van der Waals surface area contributed by atoms with Gasteiger partial charge in [0, 0.05) is 22.3 Å². The summed E-state index contributed by atoms with van der Waals surface area (Å²) in [6, 6.07) is 14.3. The highest BCUT2D eigenvalue weighted by Gasteiger charge is 2.29. The number of rotatable bonds is 6. The summed E-state index contributed by atoms with van der Waals surface area (Å²) in [5.74, 6) is -1.92. The number of benzene rings is 2. The molecule has 4 N–H and O–H groups in total. The van der Waals surface area contributed by atoms with E-state index in [0.29, 0.717) is 10.5 Å². The van der Waals surface area contributed by atoms with Crippen molar-refractivity contribution >= 4 is 34.4 Å². The Balaban J connectivity index is 1.75. The van der Waals surface area contributed by atoms with Crippen molar-refractivity contribution in [3.8, 4) is 0 Å². The zero-order valence-electron chi connectivity index (χ0n) is 13.6. The van der Waals surface area contributed by atoms with Crippen LogP contribution in [0.3, 0.4) is 0 Å². The first-order valence-electron chi connectivity index (χ1n) is 7.98. The van der Waals surface area contributed by atoms with Crippen LogP contribution in [0.2, 0.25) is 5.02 Å². The quantitative estimate of drug-likeness (QED) is 0.534. The fourth-order valence-electron chi connectivity index (χ4n) is 2.74. The van der Waals surface area contributed by atoms with E-state index in [-0.39, 0.29) is 12.1 Å². The van der Waals surface area contributed by atoms with Crippen molar-refractivity contribution in [2.75, 3.05) is 0 Å². The smallest absolute Gasteiger partial charge is 0.328 e. The van der Waals surface area contributed by atoms with E-state index in [1.807, 2.05) is 6.07 Å². The third kappa shape index (κ3) is 4.04. The molecule has 2 aromatic carbocycles. The van der Waals surface area contributed by atoms with Gasteiger partial charge in [-0.15, -0.1) is 0 Å². The van der Waals surface area contributed by atoms with E-state index in [2.05, 4.69) is 10.3 Å². The van der Waals surface area contributed by atoms with Crippen LogP contribution in [0.4, 0.5) is 0 Å². The van der Waals surface area contributed by atoms with E-state index >= 15 is 0 Å². The number of aromatic nitrogens is 1. The molecule has 3 rings (SSSR count). The summed E-state index contributed by atoms with van der Waals surface area (Å²) in [5, 5.41) is 23.3. The van der Waals surface area contributed by atoms with Crippen LogP contribution in [0.25, 0.3) is 10.9 Å². The number of aliphatic hydroxyl groups excluding tert-OH is 1. The van der Waals surface area contributed by atoms with Crippen LogP contribution in [0, 0.1) is 0 Å². The molecule has 0 aliphatic heterocycles. The number of halogens is 1. The number of carbonyl (C=O) groups is 2. The van der Waals surface area contributed by atoms with Gasteiger partial charge in [-0.2, -0.15) is 0 Å². The fraction of sp³-hybridized carbons (Fsp3) is 0.158. The zero-order chi connectivity index (χ0) is 18.7. The number of aromatic amines is 1. The number of carboxylic acids is 1. The van der Waals surface area contributed by atoms with Crippen molar-refractivity contribution in [3.05, 3.63) is 70.9 Å². The van der Waals surface area contributed by atoms with Crippen molar-refractivity contribution in [1.82, 2.24) is 10.3 Å². The lowest BCUT2D eigenvalue weighted by Gasteiger charge is -2.20. The van der Waals surface area contributed by atoms with Crippen LogP contribution in [0.15, 0.2) is 54.6 Å². The molecule has 26 heavy (non-hydrogen) atoms. The van der Waals surface area contributed by atoms with Crippen molar-refractivity contribution in [2.24, 2.45) is 0 Å². The molecule has 2 atom stereocenters. The summed E-state index contributed by atoms with van der Waals surface area (Å²) in [6.07, 6.45) is -1.15. The SMILES string of the molecule is O=C(N[C@@H](C(=O)O)[C@@H](O)Cc1ccccc1)c1cc2ccc(Cl)cc2[nH]1. The Morgan fingerprint density at radius 1 is 1.12 bits per heavy atom. The van der Waals surface area contributed by atoms with Gasteiger partial charge in [-0.3, -0.25) is 4.79 Å². The number of amides is 1. The van der Waals surface area contributed by atoms with Gasteiger partial charge < -0.3 is 20.5 Å². The van der Waals surface area contributed by atoms with Gasteiger partial charge in [-0.05, 0) is 23.8 Å². The highest BCUT2D eigenvalue weighted by molar-refractivity contribution is 6.31. The molecule has 0 aliphatic carbocycles. The lowest BCUT2D eigenvalue weighted by atomic mass is 10.0. The van der Waals surface area contributed by atoms with E-state index in [0.717, 1.165) is 10.9 Å². The number of hydrogen-bond donors (Lipinski definition) is 4. The number of H-pyrrole nitrogens is 1. The Bertz CT molecular complexity index is 939. The topological polar surface area (TPSA) is 102 Å². The number of nitrogens with one attached hydrogen (secondary N) is 2. The average molecular weight is 373 g/mol. The molecule has 0 bridgehead atoms. The number of fused-ring (bicyclic) bond motifs is 1. The van der Waals surface area contributed by atoms with Gasteiger partial charge in [0.15, 0.2) is 6.04 Å². The predicted octanol–water partition coefficient (Wildman–Crippen LogP) is 2.61. The molecule has 0 saturated carbocycles.